The van der Waals surface area contributed by atoms with Crippen molar-refractivity contribution >= 4 is 0 Å². The minimum absolute atomic E-state index is 0.196. The van der Waals surface area contributed by atoms with Gasteiger partial charge in [0.05, 0.1) is 7.11 Å². The molecule has 0 amide bonds. The van der Waals surface area contributed by atoms with Gasteiger partial charge >= 0.3 is 0 Å². The molecule has 3 heteroatoms. The van der Waals surface area contributed by atoms with E-state index in [4.69, 9.17) is 4.74 Å². The van der Waals surface area contributed by atoms with Crippen LogP contribution in [0.5, 0.6) is 5.75 Å². The summed E-state index contributed by atoms with van der Waals surface area (Å²) in [6, 6.07) is 7.70. The molecular weight excluding hydrogens is 217 g/mol. The van der Waals surface area contributed by atoms with Crippen LogP contribution < -0.4 is 10.1 Å². The predicted molar refractivity (Wildman–Crippen MR) is 67.2 cm³/mol. The zero-order valence-electron chi connectivity index (χ0n) is 10.3. The van der Waals surface area contributed by atoms with Crippen LogP contribution in [0.2, 0.25) is 0 Å². The fraction of sp³-hybridized carbons (Fsp3) is 0.571. The van der Waals surface area contributed by atoms with Gasteiger partial charge in [0.2, 0.25) is 0 Å². The minimum Gasteiger partial charge on any atom is -0.496 e. The number of alkyl halides is 1. The third-order valence-electron chi connectivity index (χ3n) is 3.50. The van der Waals surface area contributed by atoms with Gasteiger partial charge in [-0.3, -0.25) is 0 Å². The zero-order valence-corrected chi connectivity index (χ0v) is 10.3. The van der Waals surface area contributed by atoms with Gasteiger partial charge in [0.15, 0.2) is 0 Å². The average molecular weight is 237 g/mol. The number of nitrogens with one attached hydrogen (secondary N) is 1. The maximum Gasteiger partial charge on any atom is 0.122 e. The van der Waals surface area contributed by atoms with Crippen LogP contribution in [0, 0.1) is 5.92 Å². The van der Waals surface area contributed by atoms with Gasteiger partial charge in [-0.2, -0.15) is 0 Å². The molecule has 1 aromatic carbocycles. The van der Waals surface area contributed by atoms with E-state index >= 15 is 0 Å². The number of hydrogen-bond donors (Lipinski definition) is 1. The van der Waals surface area contributed by atoms with Gasteiger partial charge in [-0.15, -0.1) is 0 Å². The molecule has 1 unspecified atom stereocenters. The second-order valence-corrected chi connectivity index (χ2v) is 4.62. The van der Waals surface area contributed by atoms with Crippen molar-refractivity contribution in [2.24, 2.45) is 5.92 Å². The van der Waals surface area contributed by atoms with Gasteiger partial charge in [-0.1, -0.05) is 18.2 Å². The molecule has 2 nitrogen and oxygen atoms in total. The van der Waals surface area contributed by atoms with Crippen molar-refractivity contribution in [1.29, 1.82) is 0 Å². The summed E-state index contributed by atoms with van der Waals surface area (Å²) in [5.74, 6) is 0.991. The lowest BCUT2D eigenvalue weighted by Crippen LogP contribution is -2.33. The van der Waals surface area contributed by atoms with Crippen molar-refractivity contribution in [3.8, 4) is 5.75 Å². The molecule has 0 bridgehead atoms. The fourth-order valence-electron chi connectivity index (χ4n) is 2.45. The summed E-state index contributed by atoms with van der Waals surface area (Å²) in [6.45, 7) is 1.88. The number of para-hydroxylation sites is 1. The molecule has 1 N–H and O–H groups in total. The Balaban J connectivity index is 1.99. The van der Waals surface area contributed by atoms with Crippen molar-refractivity contribution in [3.05, 3.63) is 29.8 Å². The number of methoxy groups -OCH3 is 1. The van der Waals surface area contributed by atoms with E-state index in [9.17, 15) is 4.39 Å². The van der Waals surface area contributed by atoms with Crippen molar-refractivity contribution in [2.45, 2.75) is 25.4 Å². The maximum atomic E-state index is 14.2. The Labute approximate surface area is 102 Å². The van der Waals surface area contributed by atoms with E-state index in [0.29, 0.717) is 6.42 Å². The predicted octanol–water partition coefficient (Wildman–Crippen LogP) is 2.58. The van der Waals surface area contributed by atoms with Crippen LogP contribution in [-0.2, 0) is 6.42 Å². The third kappa shape index (κ3) is 3.19. The van der Waals surface area contributed by atoms with E-state index in [1.807, 2.05) is 24.3 Å². The molecule has 94 valence electrons. The first-order chi connectivity index (χ1) is 8.31. The number of piperidine rings is 1. The van der Waals surface area contributed by atoms with Crippen LogP contribution in [-0.4, -0.2) is 26.4 Å². The van der Waals surface area contributed by atoms with E-state index in [0.717, 1.165) is 37.2 Å². The Morgan fingerprint density at radius 3 is 2.76 bits per heavy atom. The normalized spacial score (nSPS) is 18.9. The summed E-state index contributed by atoms with van der Waals surface area (Å²) < 4.78 is 19.5. The number of rotatable bonds is 4. The van der Waals surface area contributed by atoms with Crippen molar-refractivity contribution in [2.75, 3.05) is 20.2 Å². The molecule has 0 saturated carbocycles. The Hall–Kier alpha value is -1.09. The van der Waals surface area contributed by atoms with E-state index in [1.165, 1.54) is 0 Å². The van der Waals surface area contributed by atoms with Crippen LogP contribution >= 0.6 is 0 Å². The minimum atomic E-state index is -0.756. The van der Waals surface area contributed by atoms with Gasteiger partial charge in [0, 0.05) is 6.42 Å². The van der Waals surface area contributed by atoms with Gasteiger partial charge in [-0.05, 0) is 43.5 Å². The van der Waals surface area contributed by atoms with Crippen LogP contribution in [0.25, 0.3) is 0 Å². The summed E-state index contributed by atoms with van der Waals surface area (Å²) in [4.78, 5) is 0. The standard InChI is InChI=1S/C14H20FNO/c1-17-14-5-3-2-4-12(14)10-13(15)11-6-8-16-9-7-11/h2-5,11,13,16H,6-10H2,1H3. The molecule has 17 heavy (non-hydrogen) atoms. The summed E-state index contributed by atoms with van der Waals surface area (Å²) in [5, 5.41) is 3.26. The van der Waals surface area contributed by atoms with Crippen molar-refractivity contribution in [1.82, 2.24) is 5.32 Å². The van der Waals surface area contributed by atoms with Crippen molar-refractivity contribution < 1.29 is 9.13 Å². The summed E-state index contributed by atoms with van der Waals surface area (Å²) >= 11 is 0. The van der Waals surface area contributed by atoms with Gasteiger partial charge in [0.25, 0.3) is 0 Å². The molecule has 1 aromatic rings. The molecule has 1 atom stereocenters. The molecule has 0 aromatic heterocycles. The van der Waals surface area contributed by atoms with Gasteiger partial charge in [0.1, 0.15) is 11.9 Å². The Kier molecular flexibility index (Phi) is 4.37. The number of benzene rings is 1. The molecule has 0 aliphatic carbocycles. The maximum absolute atomic E-state index is 14.2. The van der Waals surface area contributed by atoms with Crippen LogP contribution in [0.3, 0.4) is 0 Å². The Morgan fingerprint density at radius 2 is 2.06 bits per heavy atom. The summed E-state index contributed by atoms with van der Waals surface area (Å²) in [7, 11) is 1.64. The smallest absolute Gasteiger partial charge is 0.122 e. The van der Waals surface area contributed by atoms with Gasteiger partial charge < -0.3 is 10.1 Å². The highest BCUT2D eigenvalue weighted by atomic mass is 19.1. The second kappa shape index (κ2) is 6.01. The molecule has 1 fully saturated rings. The van der Waals surface area contributed by atoms with Gasteiger partial charge in [-0.25, -0.2) is 4.39 Å². The molecular formula is C14H20FNO. The monoisotopic (exact) mass is 237 g/mol. The lowest BCUT2D eigenvalue weighted by molar-refractivity contribution is 0.186. The van der Waals surface area contributed by atoms with E-state index in [-0.39, 0.29) is 5.92 Å². The molecule has 2 rings (SSSR count). The lowest BCUT2D eigenvalue weighted by Gasteiger charge is -2.26. The van der Waals surface area contributed by atoms with Crippen LogP contribution in [0.4, 0.5) is 4.39 Å². The van der Waals surface area contributed by atoms with E-state index in [2.05, 4.69) is 5.32 Å². The molecule has 0 spiro atoms. The highest BCUT2D eigenvalue weighted by Crippen LogP contribution is 2.26. The molecule has 0 radical (unpaired) electrons. The lowest BCUT2D eigenvalue weighted by atomic mass is 9.89. The summed E-state index contributed by atoms with van der Waals surface area (Å²) in [5.41, 5.74) is 0.973. The number of halogens is 1. The zero-order chi connectivity index (χ0) is 12.1. The summed E-state index contributed by atoms with van der Waals surface area (Å²) in [6.07, 6.45) is 1.59. The van der Waals surface area contributed by atoms with E-state index in [1.54, 1.807) is 7.11 Å². The average Bonchev–Trinajstić information content (AvgIpc) is 2.40. The molecule has 1 aliphatic rings. The topological polar surface area (TPSA) is 21.3 Å². The largest absolute Gasteiger partial charge is 0.496 e. The first kappa shape index (κ1) is 12.4. The quantitative estimate of drug-likeness (QED) is 0.869. The van der Waals surface area contributed by atoms with Crippen molar-refractivity contribution in [3.63, 3.8) is 0 Å². The first-order valence-electron chi connectivity index (χ1n) is 6.28. The van der Waals surface area contributed by atoms with Crippen LogP contribution in [0.15, 0.2) is 24.3 Å². The Bertz CT molecular complexity index is 350. The molecule has 1 heterocycles. The highest BCUT2D eigenvalue weighted by Gasteiger charge is 2.24. The Morgan fingerprint density at radius 1 is 1.35 bits per heavy atom. The second-order valence-electron chi connectivity index (χ2n) is 4.62. The fourth-order valence-corrected chi connectivity index (χ4v) is 2.45. The SMILES string of the molecule is COc1ccccc1CC(F)C1CCNCC1. The molecule has 1 aliphatic heterocycles. The highest BCUT2D eigenvalue weighted by molar-refractivity contribution is 5.33. The number of hydrogen-bond acceptors (Lipinski definition) is 2. The van der Waals surface area contributed by atoms with Crippen LogP contribution in [0.1, 0.15) is 18.4 Å². The first-order valence-corrected chi connectivity index (χ1v) is 6.28. The third-order valence-corrected chi connectivity index (χ3v) is 3.50. The number of ether oxygens (including phenoxy) is 1. The van der Waals surface area contributed by atoms with E-state index < -0.39 is 6.17 Å². The molecule has 1 saturated heterocycles.